The molecule has 1 aliphatic rings. The van der Waals surface area contributed by atoms with Gasteiger partial charge in [-0.15, -0.1) is 0 Å². The Morgan fingerprint density at radius 1 is 1.25 bits per heavy atom. The van der Waals surface area contributed by atoms with Crippen LogP contribution in [0.2, 0.25) is 0 Å². The van der Waals surface area contributed by atoms with E-state index in [1.165, 1.54) is 31.2 Å². The first-order chi connectivity index (χ1) is 9.59. The predicted octanol–water partition coefficient (Wildman–Crippen LogP) is 4.13. The Morgan fingerprint density at radius 3 is 2.55 bits per heavy atom. The van der Waals surface area contributed by atoms with Crippen molar-refractivity contribution in [3.05, 3.63) is 35.9 Å². The highest BCUT2D eigenvalue weighted by Crippen LogP contribution is 2.25. The van der Waals surface area contributed by atoms with Gasteiger partial charge in [-0.25, -0.2) is 0 Å². The van der Waals surface area contributed by atoms with Crippen LogP contribution in [0.5, 0.6) is 0 Å². The van der Waals surface area contributed by atoms with Gasteiger partial charge >= 0.3 is 0 Å². The fraction of sp³-hybridized carbons (Fsp3) is 0.588. The van der Waals surface area contributed by atoms with Crippen molar-refractivity contribution in [3.63, 3.8) is 0 Å². The number of thiocarbonyl (C=S) groups is 1. The fourth-order valence-electron chi connectivity index (χ4n) is 2.92. The van der Waals surface area contributed by atoms with Gasteiger partial charge < -0.3 is 10.2 Å². The van der Waals surface area contributed by atoms with Crippen molar-refractivity contribution in [2.24, 2.45) is 5.92 Å². The molecule has 2 rings (SSSR count). The number of hydrogen-bond acceptors (Lipinski definition) is 1. The second-order valence-corrected chi connectivity index (χ2v) is 6.40. The first kappa shape index (κ1) is 15.3. The van der Waals surface area contributed by atoms with Gasteiger partial charge in [0.1, 0.15) is 0 Å². The summed E-state index contributed by atoms with van der Waals surface area (Å²) in [5, 5.41) is 4.45. The van der Waals surface area contributed by atoms with Crippen LogP contribution in [0.15, 0.2) is 30.3 Å². The van der Waals surface area contributed by atoms with Crippen LogP contribution in [0, 0.1) is 5.92 Å². The number of hydrogen-bond donors (Lipinski definition) is 1. The molecule has 3 heteroatoms. The third kappa shape index (κ3) is 3.72. The van der Waals surface area contributed by atoms with Crippen LogP contribution < -0.4 is 5.32 Å². The molecule has 0 amide bonds. The zero-order chi connectivity index (χ0) is 14.5. The topological polar surface area (TPSA) is 15.3 Å². The van der Waals surface area contributed by atoms with Crippen molar-refractivity contribution in [1.29, 1.82) is 0 Å². The third-order valence-corrected chi connectivity index (χ3v) is 5.01. The summed E-state index contributed by atoms with van der Waals surface area (Å²) in [7, 11) is 2.08. The molecule has 2 nitrogen and oxygen atoms in total. The van der Waals surface area contributed by atoms with Gasteiger partial charge in [-0.2, -0.15) is 0 Å². The average Bonchev–Trinajstić information content (AvgIpc) is 2.49. The van der Waals surface area contributed by atoms with Crippen molar-refractivity contribution < 1.29 is 0 Å². The summed E-state index contributed by atoms with van der Waals surface area (Å²) in [5.74, 6) is 0.724. The minimum absolute atomic E-state index is 0.301. The van der Waals surface area contributed by atoms with Crippen LogP contribution in [0.3, 0.4) is 0 Å². The Hall–Kier alpha value is -1.09. The van der Waals surface area contributed by atoms with Crippen molar-refractivity contribution in [1.82, 2.24) is 10.2 Å². The molecule has 1 saturated carbocycles. The lowest BCUT2D eigenvalue weighted by atomic mass is 9.86. The fourth-order valence-corrected chi connectivity index (χ4v) is 3.23. The average molecular weight is 290 g/mol. The second-order valence-electron chi connectivity index (χ2n) is 6.02. The monoisotopic (exact) mass is 290 g/mol. The van der Waals surface area contributed by atoms with Crippen LogP contribution in [0.25, 0.3) is 0 Å². The number of nitrogens with one attached hydrogen (secondary N) is 1. The zero-order valence-corrected chi connectivity index (χ0v) is 13.6. The molecule has 1 fully saturated rings. The van der Waals surface area contributed by atoms with E-state index in [1.807, 2.05) is 0 Å². The quantitative estimate of drug-likeness (QED) is 0.843. The molecule has 0 aliphatic heterocycles. The Bertz CT molecular complexity index is 432. The Labute approximate surface area is 128 Å². The molecule has 0 bridgehead atoms. The molecule has 0 saturated heterocycles. The van der Waals surface area contributed by atoms with Gasteiger partial charge in [-0.3, -0.25) is 0 Å². The van der Waals surface area contributed by atoms with Gasteiger partial charge in [0, 0.05) is 13.1 Å². The molecule has 110 valence electrons. The third-order valence-electron chi connectivity index (χ3n) is 4.60. The van der Waals surface area contributed by atoms with Crippen LogP contribution in [-0.2, 0) is 0 Å². The van der Waals surface area contributed by atoms with E-state index in [2.05, 4.69) is 61.4 Å². The first-order valence-corrected chi connectivity index (χ1v) is 8.08. The van der Waals surface area contributed by atoms with Crippen LogP contribution in [-0.4, -0.2) is 23.1 Å². The Morgan fingerprint density at radius 2 is 1.90 bits per heavy atom. The molecule has 1 aliphatic carbocycles. The summed E-state index contributed by atoms with van der Waals surface area (Å²) in [6.45, 7) is 4.54. The van der Waals surface area contributed by atoms with Crippen LogP contribution >= 0.6 is 12.2 Å². The van der Waals surface area contributed by atoms with Crippen molar-refractivity contribution in [2.45, 2.75) is 51.6 Å². The van der Waals surface area contributed by atoms with Gasteiger partial charge in [0.05, 0.1) is 6.04 Å². The summed E-state index contributed by atoms with van der Waals surface area (Å²) < 4.78 is 0. The lowest BCUT2D eigenvalue weighted by Gasteiger charge is -2.35. The summed E-state index contributed by atoms with van der Waals surface area (Å²) >= 11 is 5.60. The molecule has 1 aromatic rings. The Kier molecular flexibility index (Phi) is 5.41. The van der Waals surface area contributed by atoms with E-state index in [1.54, 1.807) is 0 Å². The second kappa shape index (κ2) is 7.07. The maximum Gasteiger partial charge on any atom is 0.169 e. The van der Waals surface area contributed by atoms with Crippen LogP contribution in [0.4, 0.5) is 0 Å². The molecule has 0 unspecified atom stereocenters. The lowest BCUT2D eigenvalue weighted by Crippen LogP contribution is -2.47. The number of rotatable bonds is 3. The minimum Gasteiger partial charge on any atom is -0.360 e. The van der Waals surface area contributed by atoms with E-state index in [-0.39, 0.29) is 0 Å². The molecule has 0 radical (unpaired) electrons. The lowest BCUT2D eigenvalue weighted by molar-refractivity contribution is 0.294. The van der Waals surface area contributed by atoms with E-state index in [9.17, 15) is 0 Å². The van der Waals surface area contributed by atoms with Gasteiger partial charge in [0.15, 0.2) is 5.11 Å². The van der Waals surface area contributed by atoms with Crippen molar-refractivity contribution in [2.75, 3.05) is 7.05 Å². The number of benzene rings is 1. The highest BCUT2D eigenvalue weighted by molar-refractivity contribution is 7.80. The molecule has 0 spiro atoms. The molecule has 0 heterocycles. The molecule has 0 aromatic heterocycles. The van der Waals surface area contributed by atoms with Crippen molar-refractivity contribution >= 4 is 17.3 Å². The maximum absolute atomic E-state index is 5.60. The summed E-state index contributed by atoms with van der Waals surface area (Å²) in [5.41, 5.74) is 1.30. The van der Waals surface area contributed by atoms with Gasteiger partial charge in [0.25, 0.3) is 0 Å². The van der Waals surface area contributed by atoms with E-state index in [0.717, 1.165) is 11.0 Å². The molecule has 20 heavy (non-hydrogen) atoms. The van der Waals surface area contributed by atoms with Gasteiger partial charge in [-0.05, 0) is 43.5 Å². The SMILES string of the molecule is C[C@H]1CCCC[C@H]1NC(=S)N(C)[C@@H](C)c1ccccc1. The summed E-state index contributed by atoms with van der Waals surface area (Å²) in [6.07, 6.45) is 5.25. The largest absolute Gasteiger partial charge is 0.360 e. The Balaban J connectivity index is 1.94. The smallest absolute Gasteiger partial charge is 0.169 e. The summed E-state index contributed by atoms with van der Waals surface area (Å²) in [4.78, 5) is 2.17. The van der Waals surface area contributed by atoms with Crippen molar-refractivity contribution in [3.8, 4) is 0 Å². The highest BCUT2D eigenvalue weighted by atomic mass is 32.1. The normalized spacial score (nSPS) is 23.9. The van der Waals surface area contributed by atoms with E-state index in [4.69, 9.17) is 12.2 Å². The van der Waals surface area contributed by atoms with E-state index in [0.29, 0.717) is 12.1 Å². The summed E-state index contributed by atoms with van der Waals surface area (Å²) in [6, 6.07) is 11.4. The number of nitrogens with zero attached hydrogens (tertiary/aromatic N) is 1. The molecule has 3 atom stereocenters. The molecule has 1 aromatic carbocycles. The molecule has 1 N–H and O–H groups in total. The minimum atomic E-state index is 0.301. The predicted molar refractivity (Wildman–Crippen MR) is 89.8 cm³/mol. The molecular formula is C17H26N2S. The standard InChI is InChI=1S/C17H26N2S/c1-13-9-7-8-12-16(13)18-17(20)19(3)14(2)15-10-5-4-6-11-15/h4-6,10-11,13-14,16H,7-9,12H2,1-3H3,(H,18,20)/t13-,14-,16+/m0/s1. The zero-order valence-electron chi connectivity index (χ0n) is 12.8. The van der Waals surface area contributed by atoms with Crippen LogP contribution in [0.1, 0.15) is 51.1 Å². The van der Waals surface area contributed by atoms with E-state index >= 15 is 0 Å². The maximum atomic E-state index is 5.60. The highest BCUT2D eigenvalue weighted by Gasteiger charge is 2.23. The van der Waals surface area contributed by atoms with E-state index < -0.39 is 0 Å². The van der Waals surface area contributed by atoms with Gasteiger partial charge in [0.2, 0.25) is 0 Å². The van der Waals surface area contributed by atoms with Gasteiger partial charge in [-0.1, -0.05) is 50.1 Å². The molecular weight excluding hydrogens is 264 g/mol. The first-order valence-electron chi connectivity index (χ1n) is 7.68.